The normalized spacial score (nSPS) is 11.1. The molecule has 0 aromatic heterocycles. The van der Waals surface area contributed by atoms with E-state index in [0.717, 1.165) is 96.4 Å². The van der Waals surface area contributed by atoms with Crippen molar-refractivity contribution in [2.75, 3.05) is 26.4 Å². The Bertz CT molecular complexity index is 2350. The van der Waals surface area contributed by atoms with Crippen LogP contribution in [0.15, 0.2) is 173 Å². The molecule has 0 atom stereocenters. The number of hydrogen-bond donors (Lipinski definition) is 0. The second-order valence-corrected chi connectivity index (χ2v) is 14.0. The Morgan fingerprint density at radius 2 is 0.869 bits per heavy atom. The van der Waals surface area contributed by atoms with Gasteiger partial charge >= 0.3 is 11.9 Å². The molecule has 0 unspecified atom stereocenters. The first-order valence-corrected chi connectivity index (χ1v) is 20.6. The molecule has 0 saturated carbocycles. The molecule has 0 radical (unpaired) electrons. The van der Waals surface area contributed by atoms with Gasteiger partial charge in [0.25, 0.3) is 0 Å². The lowest BCUT2D eigenvalue weighted by Gasteiger charge is -2.09. The molecule has 0 spiro atoms. The summed E-state index contributed by atoms with van der Waals surface area (Å²) in [4.78, 5) is 23.7. The van der Waals surface area contributed by atoms with E-state index in [1.807, 2.05) is 91.0 Å². The number of azo groups is 2. The first kappa shape index (κ1) is 43.4. The van der Waals surface area contributed by atoms with Crippen LogP contribution in [0.25, 0.3) is 10.8 Å². The minimum absolute atomic E-state index is 0.393. The fourth-order valence-electron chi connectivity index (χ4n) is 6.14. The van der Waals surface area contributed by atoms with E-state index in [4.69, 9.17) is 23.7 Å². The average molecular weight is 819 g/mol. The zero-order chi connectivity index (χ0) is 42.3. The van der Waals surface area contributed by atoms with Crippen molar-refractivity contribution in [2.45, 2.75) is 51.4 Å². The Hall–Kier alpha value is -7.14. The zero-order valence-corrected chi connectivity index (χ0v) is 34.2. The molecule has 0 fully saturated rings. The van der Waals surface area contributed by atoms with Gasteiger partial charge in [0, 0.05) is 16.8 Å². The summed E-state index contributed by atoms with van der Waals surface area (Å²) in [5, 5.41) is 19.8. The van der Waals surface area contributed by atoms with E-state index in [0.29, 0.717) is 43.5 Å². The van der Waals surface area contributed by atoms with Crippen LogP contribution in [0.4, 0.5) is 22.7 Å². The highest BCUT2D eigenvalue weighted by molar-refractivity contribution is 5.99. The zero-order valence-electron chi connectivity index (χ0n) is 34.2. The third-order valence-electron chi connectivity index (χ3n) is 9.44. The molecule has 312 valence electrons. The lowest BCUT2D eigenvalue weighted by molar-refractivity contribution is -0.137. The van der Waals surface area contributed by atoms with Gasteiger partial charge in [-0.15, -0.1) is 10.2 Å². The molecule has 0 heterocycles. The van der Waals surface area contributed by atoms with Crippen molar-refractivity contribution >= 4 is 45.5 Å². The topological polar surface area (TPSA) is 130 Å². The van der Waals surface area contributed by atoms with Crippen molar-refractivity contribution < 1.29 is 33.3 Å². The van der Waals surface area contributed by atoms with Crippen molar-refractivity contribution in [1.29, 1.82) is 0 Å². The smallest absolute Gasteiger partial charge is 0.343 e. The summed E-state index contributed by atoms with van der Waals surface area (Å²) in [5.41, 5.74) is 3.49. The molecule has 6 rings (SSSR count). The van der Waals surface area contributed by atoms with Crippen LogP contribution in [0.5, 0.6) is 23.0 Å². The van der Waals surface area contributed by atoms with Crippen LogP contribution >= 0.6 is 0 Å². The lowest BCUT2D eigenvalue weighted by Crippen LogP contribution is -2.08. The minimum Gasteiger partial charge on any atom is -0.494 e. The van der Waals surface area contributed by atoms with Gasteiger partial charge in [0.1, 0.15) is 23.0 Å². The summed E-state index contributed by atoms with van der Waals surface area (Å²) in [6.45, 7) is 5.56. The highest BCUT2D eigenvalue weighted by Gasteiger charge is 2.10. The van der Waals surface area contributed by atoms with E-state index in [2.05, 4.69) is 27.0 Å². The molecule has 0 saturated heterocycles. The lowest BCUT2D eigenvalue weighted by atomic mass is 10.1. The number of unbranched alkanes of at least 4 members (excludes halogenated alkanes) is 6. The number of rotatable bonds is 24. The minimum atomic E-state index is -0.448. The number of ether oxygens (including phenoxy) is 5. The summed E-state index contributed by atoms with van der Waals surface area (Å²) < 4.78 is 28.1. The second kappa shape index (κ2) is 24.1. The predicted molar refractivity (Wildman–Crippen MR) is 238 cm³/mol. The van der Waals surface area contributed by atoms with Crippen LogP contribution < -0.4 is 18.9 Å². The summed E-state index contributed by atoms with van der Waals surface area (Å²) in [6.07, 6.45) is 8.66. The molecule has 6 aromatic carbocycles. The molecule has 61 heavy (non-hydrogen) atoms. The van der Waals surface area contributed by atoms with Crippen LogP contribution in [-0.2, 0) is 9.53 Å². The molecule has 0 amide bonds. The Morgan fingerprint density at radius 3 is 1.38 bits per heavy atom. The molecule has 0 N–H and O–H groups in total. The molecular formula is C50H50N4O7. The maximum absolute atomic E-state index is 12.7. The number of carbonyl (C=O) groups excluding carboxylic acids is 2. The van der Waals surface area contributed by atoms with E-state index in [1.165, 1.54) is 6.08 Å². The Labute approximate surface area is 356 Å². The molecular weight excluding hydrogens is 769 g/mol. The standard InChI is InChI=1S/C50H50N4O7/c1-2-49(55)60-37-15-6-5-14-34-57-41-24-20-38(21-25-41)50(56)61-44-30-28-43(29-31-44)59-36-13-4-3-12-35-58-42-26-22-40(23-27-42)52-54-48-33-32-47(45-18-10-11-19-46(45)48)53-51-39-16-8-7-9-17-39/h2,7-11,16-33H,1,3-6,12-15,34-37H2. The molecule has 0 aliphatic carbocycles. The van der Waals surface area contributed by atoms with Gasteiger partial charge in [-0.05, 0) is 148 Å². The summed E-state index contributed by atoms with van der Waals surface area (Å²) in [7, 11) is 0. The van der Waals surface area contributed by atoms with E-state index in [9.17, 15) is 9.59 Å². The summed E-state index contributed by atoms with van der Waals surface area (Å²) in [6, 6.07) is 43.0. The van der Waals surface area contributed by atoms with Gasteiger partial charge in [-0.2, -0.15) is 10.2 Å². The molecule has 6 aromatic rings. The number of hydrogen-bond acceptors (Lipinski definition) is 11. The highest BCUT2D eigenvalue weighted by Crippen LogP contribution is 2.35. The van der Waals surface area contributed by atoms with E-state index in [-0.39, 0.29) is 0 Å². The van der Waals surface area contributed by atoms with Crippen molar-refractivity contribution in [3.63, 3.8) is 0 Å². The van der Waals surface area contributed by atoms with Crippen molar-refractivity contribution in [3.8, 4) is 23.0 Å². The average Bonchev–Trinajstić information content (AvgIpc) is 3.30. The monoisotopic (exact) mass is 818 g/mol. The molecule has 11 nitrogen and oxygen atoms in total. The van der Waals surface area contributed by atoms with Crippen LogP contribution in [-0.4, -0.2) is 38.4 Å². The number of benzene rings is 6. The number of fused-ring (bicyclic) bond motifs is 1. The predicted octanol–water partition coefficient (Wildman–Crippen LogP) is 13.6. The Balaban J connectivity index is 0.819. The number of carbonyl (C=O) groups is 2. The molecule has 0 bridgehead atoms. The summed E-state index contributed by atoms with van der Waals surface area (Å²) >= 11 is 0. The highest BCUT2D eigenvalue weighted by atomic mass is 16.5. The van der Waals surface area contributed by atoms with Crippen molar-refractivity contribution in [3.05, 3.63) is 158 Å². The maximum atomic E-state index is 12.7. The van der Waals surface area contributed by atoms with Gasteiger partial charge < -0.3 is 23.7 Å². The first-order chi connectivity index (χ1) is 30.0. The largest absolute Gasteiger partial charge is 0.494 e. The van der Waals surface area contributed by atoms with Crippen LogP contribution in [0.3, 0.4) is 0 Å². The molecule has 11 heteroatoms. The fraction of sp³-hybridized carbons (Fsp3) is 0.240. The van der Waals surface area contributed by atoms with Gasteiger partial charge in [-0.1, -0.05) is 49.0 Å². The van der Waals surface area contributed by atoms with E-state index in [1.54, 1.807) is 48.5 Å². The van der Waals surface area contributed by atoms with Gasteiger partial charge in [0.2, 0.25) is 0 Å². The number of nitrogens with zero attached hydrogens (tertiary/aromatic N) is 4. The van der Waals surface area contributed by atoms with Crippen LogP contribution in [0.1, 0.15) is 61.7 Å². The van der Waals surface area contributed by atoms with Gasteiger partial charge in [-0.25, -0.2) is 9.59 Å². The van der Waals surface area contributed by atoms with E-state index >= 15 is 0 Å². The van der Waals surface area contributed by atoms with E-state index < -0.39 is 11.9 Å². The van der Waals surface area contributed by atoms with Crippen molar-refractivity contribution in [2.24, 2.45) is 20.5 Å². The second-order valence-electron chi connectivity index (χ2n) is 14.0. The number of esters is 2. The van der Waals surface area contributed by atoms with Gasteiger partial charge in [0.15, 0.2) is 0 Å². The SMILES string of the molecule is C=CC(=O)OCCCCCCOc1ccc(C(=O)Oc2ccc(OCCCCCCOc3ccc(N=Nc4ccc(N=Nc5ccccc5)c5ccccc45)cc3)cc2)cc1. The quantitative estimate of drug-likeness (QED) is 0.0195. The fourth-order valence-corrected chi connectivity index (χ4v) is 6.14. The Kier molecular flexibility index (Phi) is 17.1. The van der Waals surface area contributed by atoms with Crippen LogP contribution in [0, 0.1) is 0 Å². The Morgan fingerprint density at radius 1 is 0.443 bits per heavy atom. The third kappa shape index (κ3) is 14.6. The molecule has 0 aliphatic rings. The third-order valence-corrected chi connectivity index (χ3v) is 9.44. The van der Waals surface area contributed by atoms with Crippen molar-refractivity contribution in [1.82, 2.24) is 0 Å². The van der Waals surface area contributed by atoms with Gasteiger partial charge in [-0.3, -0.25) is 0 Å². The molecule has 0 aliphatic heterocycles. The summed E-state index contributed by atoms with van der Waals surface area (Å²) in [5.74, 6) is 1.80. The first-order valence-electron chi connectivity index (χ1n) is 20.6. The van der Waals surface area contributed by atoms with Gasteiger partial charge in [0.05, 0.1) is 54.7 Å². The maximum Gasteiger partial charge on any atom is 0.343 e. The van der Waals surface area contributed by atoms with Crippen LogP contribution in [0.2, 0.25) is 0 Å².